The average molecular weight is 279 g/mol. The van der Waals surface area contributed by atoms with Crippen LogP contribution in [0.1, 0.15) is 51.6 Å². The number of benzene rings is 1. The summed E-state index contributed by atoms with van der Waals surface area (Å²) in [4.78, 5) is 0. The summed E-state index contributed by atoms with van der Waals surface area (Å²) in [5.41, 5.74) is 1.33. The highest BCUT2D eigenvalue weighted by atomic mass is 16.5. The van der Waals surface area contributed by atoms with E-state index in [9.17, 15) is 0 Å². The van der Waals surface area contributed by atoms with E-state index in [-0.39, 0.29) is 6.10 Å². The number of hydrogen-bond acceptors (Lipinski definition) is 3. The highest BCUT2D eigenvalue weighted by Crippen LogP contribution is 2.21. The minimum atomic E-state index is 0.181. The molecule has 20 heavy (non-hydrogen) atoms. The molecule has 0 heterocycles. The maximum Gasteiger partial charge on any atom is 0.119 e. The van der Waals surface area contributed by atoms with Crippen LogP contribution in [0.4, 0.5) is 0 Å². The predicted octanol–water partition coefficient (Wildman–Crippen LogP) is 3.94. The van der Waals surface area contributed by atoms with Crippen molar-refractivity contribution in [3.8, 4) is 5.75 Å². The van der Waals surface area contributed by atoms with Gasteiger partial charge in [-0.05, 0) is 44.0 Å². The smallest absolute Gasteiger partial charge is 0.119 e. The van der Waals surface area contributed by atoms with Gasteiger partial charge in [0.05, 0.1) is 6.10 Å². The first kappa shape index (κ1) is 17.0. The van der Waals surface area contributed by atoms with E-state index in [2.05, 4.69) is 50.4 Å². The molecular formula is C17H29NO2. The van der Waals surface area contributed by atoms with Crippen molar-refractivity contribution in [2.24, 2.45) is 0 Å². The lowest BCUT2D eigenvalue weighted by Gasteiger charge is -2.18. The molecule has 0 fully saturated rings. The maximum absolute atomic E-state index is 5.87. The Labute approximate surface area is 123 Å². The van der Waals surface area contributed by atoms with Crippen LogP contribution in [0.5, 0.6) is 5.75 Å². The van der Waals surface area contributed by atoms with Crippen molar-refractivity contribution in [3.05, 3.63) is 29.8 Å². The van der Waals surface area contributed by atoms with Gasteiger partial charge in [0.15, 0.2) is 0 Å². The molecule has 0 bridgehead atoms. The molecule has 0 aliphatic rings. The summed E-state index contributed by atoms with van der Waals surface area (Å²) in [6, 6.07) is 8.89. The van der Waals surface area contributed by atoms with Crippen LogP contribution >= 0.6 is 0 Å². The van der Waals surface area contributed by atoms with Crippen molar-refractivity contribution in [3.63, 3.8) is 0 Å². The molecule has 1 aromatic rings. The first-order chi connectivity index (χ1) is 9.71. The van der Waals surface area contributed by atoms with Gasteiger partial charge in [-0.3, -0.25) is 0 Å². The van der Waals surface area contributed by atoms with Crippen molar-refractivity contribution in [2.45, 2.75) is 52.2 Å². The molecule has 1 aromatic carbocycles. The van der Waals surface area contributed by atoms with E-state index in [0.29, 0.717) is 6.04 Å². The van der Waals surface area contributed by atoms with Gasteiger partial charge in [0, 0.05) is 26.2 Å². The van der Waals surface area contributed by atoms with Crippen LogP contribution < -0.4 is 10.1 Å². The fraction of sp³-hybridized carbons (Fsp3) is 0.647. The van der Waals surface area contributed by atoms with Gasteiger partial charge in [0.25, 0.3) is 0 Å². The highest BCUT2D eigenvalue weighted by molar-refractivity contribution is 5.29. The van der Waals surface area contributed by atoms with Gasteiger partial charge in [-0.15, -0.1) is 0 Å². The molecule has 0 aromatic heterocycles. The van der Waals surface area contributed by atoms with E-state index in [0.717, 1.165) is 38.2 Å². The number of hydrogen-bond donors (Lipinski definition) is 1. The van der Waals surface area contributed by atoms with Gasteiger partial charge in [0.1, 0.15) is 5.75 Å². The summed E-state index contributed by atoms with van der Waals surface area (Å²) >= 11 is 0. The van der Waals surface area contributed by atoms with Crippen molar-refractivity contribution in [1.29, 1.82) is 0 Å². The zero-order chi connectivity index (χ0) is 14.8. The molecule has 2 atom stereocenters. The standard InChI is InChI=1S/C17H29NO2/c1-5-12-18-17(6-2)15-7-9-16(10-8-15)20-14(3)11-13-19-4/h7-10,14,17-18H,5-6,11-13H2,1-4H3. The SMILES string of the molecule is CCCNC(CC)c1ccc(OC(C)CCOC)cc1. The fourth-order valence-electron chi connectivity index (χ4n) is 2.17. The van der Waals surface area contributed by atoms with E-state index >= 15 is 0 Å². The molecule has 0 spiro atoms. The molecule has 1 N–H and O–H groups in total. The van der Waals surface area contributed by atoms with E-state index < -0.39 is 0 Å². The molecule has 0 aliphatic carbocycles. The third kappa shape index (κ3) is 5.93. The molecule has 0 amide bonds. The molecule has 0 aliphatic heterocycles. The summed E-state index contributed by atoms with van der Waals surface area (Å²) in [5, 5.41) is 3.57. The highest BCUT2D eigenvalue weighted by Gasteiger charge is 2.09. The fourth-order valence-corrected chi connectivity index (χ4v) is 2.17. The lowest BCUT2D eigenvalue weighted by atomic mass is 10.0. The number of methoxy groups -OCH3 is 1. The Hall–Kier alpha value is -1.06. The monoisotopic (exact) mass is 279 g/mol. The van der Waals surface area contributed by atoms with Gasteiger partial charge >= 0.3 is 0 Å². The van der Waals surface area contributed by atoms with Crippen molar-refractivity contribution >= 4 is 0 Å². The van der Waals surface area contributed by atoms with Crippen molar-refractivity contribution in [1.82, 2.24) is 5.32 Å². The van der Waals surface area contributed by atoms with Crippen LogP contribution in [-0.2, 0) is 4.74 Å². The second-order valence-electron chi connectivity index (χ2n) is 5.19. The Balaban J connectivity index is 2.54. The van der Waals surface area contributed by atoms with Gasteiger partial charge in [0.2, 0.25) is 0 Å². The third-order valence-corrected chi connectivity index (χ3v) is 3.40. The number of ether oxygens (including phenoxy) is 2. The molecule has 0 saturated carbocycles. The number of rotatable bonds is 10. The summed E-state index contributed by atoms with van der Waals surface area (Å²) in [7, 11) is 1.72. The second kappa shape index (κ2) is 9.78. The van der Waals surface area contributed by atoms with E-state index in [1.807, 2.05) is 0 Å². The first-order valence-electron chi connectivity index (χ1n) is 7.70. The lowest BCUT2D eigenvalue weighted by Crippen LogP contribution is -2.21. The summed E-state index contributed by atoms with van der Waals surface area (Å²) in [5.74, 6) is 0.933. The molecular weight excluding hydrogens is 250 g/mol. The average Bonchev–Trinajstić information content (AvgIpc) is 2.47. The van der Waals surface area contributed by atoms with Crippen LogP contribution in [0.2, 0.25) is 0 Å². The van der Waals surface area contributed by atoms with E-state index in [1.54, 1.807) is 7.11 Å². The zero-order valence-electron chi connectivity index (χ0n) is 13.3. The van der Waals surface area contributed by atoms with Crippen molar-refractivity contribution < 1.29 is 9.47 Å². The van der Waals surface area contributed by atoms with Crippen LogP contribution in [0, 0.1) is 0 Å². The zero-order valence-corrected chi connectivity index (χ0v) is 13.3. The molecule has 1 rings (SSSR count). The van der Waals surface area contributed by atoms with E-state index in [1.165, 1.54) is 5.56 Å². The normalized spacial score (nSPS) is 14.0. The minimum Gasteiger partial charge on any atom is -0.491 e. The molecule has 0 saturated heterocycles. The summed E-state index contributed by atoms with van der Waals surface area (Å²) in [6.07, 6.45) is 3.36. The molecule has 2 unspecified atom stereocenters. The van der Waals surface area contributed by atoms with E-state index in [4.69, 9.17) is 9.47 Å². The predicted molar refractivity (Wildman–Crippen MR) is 84.4 cm³/mol. The minimum absolute atomic E-state index is 0.181. The van der Waals surface area contributed by atoms with Gasteiger partial charge in [-0.25, -0.2) is 0 Å². The quantitative estimate of drug-likeness (QED) is 0.703. The van der Waals surface area contributed by atoms with Crippen LogP contribution in [-0.4, -0.2) is 26.4 Å². The summed E-state index contributed by atoms with van der Waals surface area (Å²) < 4.78 is 10.9. The topological polar surface area (TPSA) is 30.5 Å². The van der Waals surface area contributed by atoms with Gasteiger partial charge < -0.3 is 14.8 Å². The Morgan fingerprint density at radius 1 is 1.15 bits per heavy atom. The van der Waals surface area contributed by atoms with Crippen LogP contribution in [0.15, 0.2) is 24.3 Å². The third-order valence-electron chi connectivity index (χ3n) is 3.40. The van der Waals surface area contributed by atoms with Crippen LogP contribution in [0.25, 0.3) is 0 Å². The Bertz CT molecular complexity index is 351. The molecule has 0 radical (unpaired) electrons. The molecule has 3 nitrogen and oxygen atoms in total. The van der Waals surface area contributed by atoms with Gasteiger partial charge in [-0.2, -0.15) is 0 Å². The molecule has 114 valence electrons. The lowest BCUT2D eigenvalue weighted by molar-refractivity contribution is 0.135. The van der Waals surface area contributed by atoms with Crippen LogP contribution in [0.3, 0.4) is 0 Å². The van der Waals surface area contributed by atoms with Crippen molar-refractivity contribution in [2.75, 3.05) is 20.3 Å². The molecule has 3 heteroatoms. The second-order valence-corrected chi connectivity index (χ2v) is 5.19. The number of nitrogens with one attached hydrogen (secondary N) is 1. The largest absolute Gasteiger partial charge is 0.491 e. The Kier molecular flexibility index (Phi) is 8.31. The first-order valence-corrected chi connectivity index (χ1v) is 7.70. The maximum atomic E-state index is 5.87. The van der Waals surface area contributed by atoms with Gasteiger partial charge in [-0.1, -0.05) is 26.0 Å². The Morgan fingerprint density at radius 3 is 2.40 bits per heavy atom. The Morgan fingerprint density at radius 2 is 1.85 bits per heavy atom. The summed E-state index contributed by atoms with van der Waals surface area (Å²) in [6.45, 7) is 8.27.